The number of esters is 3. The molecule has 4 rings (SSSR count). The molecule has 0 saturated carbocycles. The van der Waals surface area contributed by atoms with Crippen molar-refractivity contribution >= 4 is 41.5 Å². The average molecular weight is 442 g/mol. The highest BCUT2D eigenvalue weighted by molar-refractivity contribution is 6.06. The fraction of sp³-hybridized carbons (Fsp3) is 0.409. The highest BCUT2D eigenvalue weighted by Gasteiger charge is 2.65. The summed E-state index contributed by atoms with van der Waals surface area (Å²) in [6.07, 6.45) is 2.33. The van der Waals surface area contributed by atoms with E-state index >= 15 is 0 Å². The van der Waals surface area contributed by atoms with Gasteiger partial charge in [0.05, 0.1) is 32.9 Å². The molecule has 168 valence electrons. The quantitative estimate of drug-likeness (QED) is 0.290. The molecule has 2 saturated heterocycles. The minimum Gasteiger partial charge on any atom is -0.468 e. The van der Waals surface area contributed by atoms with E-state index in [0.717, 1.165) is 4.90 Å². The average Bonchev–Trinajstić information content (AvgIpc) is 3.33. The third-order valence-electron chi connectivity index (χ3n) is 6.30. The Kier molecular flexibility index (Phi) is 5.23. The number of hydrogen-bond donors (Lipinski definition) is 0. The molecular weight excluding hydrogens is 420 g/mol. The van der Waals surface area contributed by atoms with Crippen molar-refractivity contribution in [2.45, 2.75) is 31.5 Å². The summed E-state index contributed by atoms with van der Waals surface area (Å²) in [7, 11) is 3.61. The lowest BCUT2D eigenvalue weighted by Crippen LogP contribution is -2.53. The fourth-order valence-electron chi connectivity index (χ4n) is 4.86. The van der Waals surface area contributed by atoms with Crippen molar-refractivity contribution in [1.82, 2.24) is 4.90 Å². The summed E-state index contributed by atoms with van der Waals surface area (Å²) in [5.41, 5.74) is -0.311. The molecule has 0 aromatic heterocycles. The van der Waals surface area contributed by atoms with Gasteiger partial charge in [0, 0.05) is 24.9 Å². The lowest BCUT2D eigenvalue weighted by molar-refractivity contribution is -0.169. The first-order valence-corrected chi connectivity index (χ1v) is 10.0. The van der Waals surface area contributed by atoms with E-state index in [1.807, 2.05) is 0 Å². The van der Waals surface area contributed by atoms with Crippen molar-refractivity contribution in [3.05, 3.63) is 35.4 Å². The van der Waals surface area contributed by atoms with Gasteiger partial charge in [0.15, 0.2) is 5.41 Å². The summed E-state index contributed by atoms with van der Waals surface area (Å²) in [4.78, 5) is 65.9. The van der Waals surface area contributed by atoms with E-state index < -0.39 is 35.5 Å². The summed E-state index contributed by atoms with van der Waals surface area (Å²) in [6.45, 7) is 0. The number of ether oxygens (including phenoxy) is 3. The lowest BCUT2D eigenvalue weighted by atomic mass is 9.78. The Balaban J connectivity index is 1.90. The molecule has 3 heterocycles. The fourth-order valence-corrected chi connectivity index (χ4v) is 4.86. The largest absolute Gasteiger partial charge is 0.468 e. The molecule has 10 heteroatoms. The zero-order chi connectivity index (χ0) is 23.2. The number of hydrogen-bond acceptors (Lipinski definition) is 9. The second kappa shape index (κ2) is 7.77. The van der Waals surface area contributed by atoms with Crippen LogP contribution >= 0.6 is 0 Å². The molecule has 10 nitrogen and oxygen atoms in total. The van der Waals surface area contributed by atoms with Gasteiger partial charge in [-0.3, -0.25) is 24.1 Å². The maximum atomic E-state index is 13.0. The molecule has 3 aliphatic rings. The van der Waals surface area contributed by atoms with Gasteiger partial charge in [-0.05, 0) is 23.8 Å². The smallest absolute Gasteiger partial charge is 0.337 e. The van der Waals surface area contributed by atoms with Crippen LogP contribution in [-0.2, 0) is 33.4 Å². The van der Waals surface area contributed by atoms with Gasteiger partial charge in [-0.25, -0.2) is 4.79 Å². The van der Waals surface area contributed by atoms with Crippen LogP contribution in [0.1, 0.15) is 35.2 Å². The van der Waals surface area contributed by atoms with Crippen LogP contribution in [0.2, 0.25) is 0 Å². The third kappa shape index (κ3) is 2.89. The van der Waals surface area contributed by atoms with Gasteiger partial charge in [-0.2, -0.15) is 0 Å². The van der Waals surface area contributed by atoms with Gasteiger partial charge in [-0.1, -0.05) is 12.2 Å². The van der Waals surface area contributed by atoms with Gasteiger partial charge < -0.3 is 19.1 Å². The molecule has 0 bridgehead atoms. The molecule has 0 radical (unpaired) electrons. The molecule has 0 aliphatic carbocycles. The predicted octanol–water partition coefficient (Wildman–Crippen LogP) is 0.886. The van der Waals surface area contributed by atoms with E-state index in [1.165, 1.54) is 21.3 Å². The first-order chi connectivity index (χ1) is 15.3. The Hall–Kier alpha value is -3.69. The number of carbonyl (C=O) groups is 5. The Labute approximate surface area is 183 Å². The summed E-state index contributed by atoms with van der Waals surface area (Å²) in [6, 6.07) is 3.92. The van der Waals surface area contributed by atoms with Crippen molar-refractivity contribution in [3.63, 3.8) is 0 Å². The number of nitrogens with zero attached hydrogens (tertiary/aromatic N) is 2. The van der Waals surface area contributed by atoms with Crippen molar-refractivity contribution in [2.75, 3.05) is 26.2 Å². The predicted molar refractivity (Wildman–Crippen MR) is 109 cm³/mol. The third-order valence-corrected chi connectivity index (χ3v) is 6.30. The first kappa shape index (κ1) is 21.5. The maximum absolute atomic E-state index is 13.0. The minimum absolute atomic E-state index is 0.0568. The minimum atomic E-state index is -1.79. The van der Waals surface area contributed by atoms with Gasteiger partial charge in [0.2, 0.25) is 11.8 Å². The van der Waals surface area contributed by atoms with E-state index in [0.29, 0.717) is 16.8 Å². The summed E-state index contributed by atoms with van der Waals surface area (Å²) >= 11 is 0. The molecule has 2 atom stereocenters. The Morgan fingerprint density at radius 1 is 0.969 bits per heavy atom. The molecular formula is C22H22N2O8. The van der Waals surface area contributed by atoms with Crippen molar-refractivity contribution < 1.29 is 38.2 Å². The molecule has 2 fully saturated rings. The molecule has 32 heavy (non-hydrogen) atoms. The van der Waals surface area contributed by atoms with E-state index in [1.54, 1.807) is 35.3 Å². The molecule has 1 aromatic carbocycles. The van der Waals surface area contributed by atoms with Crippen molar-refractivity contribution in [1.29, 1.82) is 0 Å². The lowest BCUT2D eigenvalue weighted by Gasteiger charge is -2.39. The van der Waals surface area contributed by atoms with Gasteiger partial charge in [0.1, 0.15) is 6.17 Å². The normalized spacial score (nSPS) is 23.0. The summed E-state index contributed by atoms with van der Waals surface area (Å²) in [5.74, 6) is -2.93. The van der Waals surface area contributed by atoms with E-state index in [-0.39, 0.29) is 31.1 Å². The number of carbonyl (C=O) groups excluding carboxylic acids is 5. The number of methoxy groups -OCH3 is 3. The SMILES string of the molecule is COC(=O)c1ccc2c(c1)C=C[C@H]1N2[C@H](N2C(=O)CCC2=O)CC1(C(=O)OC)C(=O)OC. The standard InChI is InChI=1S/C22H22N2O8/c1-30-19(27)13-4-6-14-12(10-13)5-7-15-22(20(28)31-2,21(29)32-3)11-16(23(14)15)24-17(25)8-9-18(24)26/h4-7,10,15-16H,8-9,11H2,1-3H3/t15-,16-/m1/s1. The van der Waals surface area contributed by atoms with Crippen LogP contribution in [0.5, 0.6) is 0 Å². The van der Waals surface area contributed by atoms with Gasteiger partial charge >= 0.3 is 17.9 Å². The number of likely N-dealkylation sites (tertiary alicyclic amines) is 1. The van der Waals surface area contributed by atoms with Gasteiger partial charge in [0.25, 0.3) is 0 Å². The zero-order valence-electron chi connectivity index (χ0n) is 17.8. The van der Waals surface area contributed by atoms with E-state index in [4.69, 9.17) is 14.2 Å². The Bertz CT molecular complexity index is 1030. The highest BCUT2D eigenvalue weighted by Crippen LogP contribution is 2.50. The van der Waals surface area contributed by atoms with Crippen LogP contribution in [0.3, 0.4) is 0 Å². The number of rotatable bonds is 4. The number of fused-ring (bicyclic) bond motifs is 3. The van der Waals surface area contributed by atoms with Crippen LogP contribution in [0.25, 0.3) is 6.08 Å². The van der Waals surface area contributed by atoms with E-state index in [2.05, 4.69) is 0 Å². The molecule has 2 amide bonds. The molecule has 3 aliphatic heterocycles. The summed E-state index contributed by atoms with van der Waals surface area (Å²) < 4.78 is 14.7. The molecule has 1 aromatic rings. The maximum Gasteiger partial charge on any atom is 0.337 e. The van der Waals surface area contributed by atoms with Crippen LogP contribution in [-0.4, -0.2) is 68.2 Å². The number of imide groups is 1. The van der Waals surface area contributed by atoms with Crippen molar-refractivity contribution in [3.8, 4) is 0 Å². The van der Waals surface area contributed by atoms with E-state index in [9.17, 15) is 24.0 Å². The van der Waals surface area contributed by atoms with Crippen molar-refractivity contribution in [2.24, 2.45) is 5.41 Å². The second-order valence-electron chi connectivity index (χ2n) is 7.77. The highest BCUT2D eigenvalue weighted by atomic mass is 16.5. The molecule has 0 spiro atoms. The topological polar surface area (TPSA) is 120 Å². The van der Waals surface area contributed by atoms with Crippen LogP contribution in [0.4, 0.5) is 5.69 Å². The zero-order valence-corrected chi connectivity index (χ0v) is 17.8. The molecule has 0 unspecified atom stereocenters. The van der Waals surface area contributed by atoms with Crippen LogP contribution in [0, 0.1) is 5.41 Å². The van der Waals surface area contributed by atoms with Gasteiger partial charge in [-0.15, -0.1) is 0 Å². The first-order valence-electron chi connectivity index (χ1n) is 10.0. The Morgan fingerprint density at radius 3 is 2.16 bits per heavy atom. The van der Waals surface area contributed by atoms with Crippen LogP contribution in [0.15, 0.2) is 24.3 Å². The summed E-state index contributed by atoms with van der Waals surface area (Å²) in [5, 5.41) is 0. The Morgan fingerprint density at radius 2 is 1.59 bits per heavy atom. The second-order valence-corrected chi connectivity index (χ2v) is 7.77. The van der Waals surface area contributed by atoms with Crippen LogP contribution < -0.4 is 4.90 Å². The molecule has 0 N–H and O–H groups in total. The number of anilines is 1. The number of benzene rings is 1. The number of amides is 2. The monoisotopic (exact) mass is 442 g/mol.